The Morgan fingerprint density at radius 2 is 1.91 bits per heavy atom. The molecular weight excluding hydrogens is 465 g/mol. The van der Waals surface area contributed by atoms with E-state index in [0.29, 0.717) is 26.7 Å². The molecule has 2 heterocycles. The molecule has 1 atom stereocenters. The number of hydrogen-bond acceptors (Lipinski definition) is 5. The summed E-state index contributed by atoms with van der Waals surface area (Å²) in [4.78, 5) is 17.1. The summed E-state index contributed by atoms with van der Waals surface area (Å²) in [6.45, 7) is 3.83. The molecule has 0 saturated heterocycles. The van der Waals surface area contributed by atoms with Crippen LogP contribution in [0.25, 0.3) is 17.1 Å². The summed E-state index contributed by atoms with van der Waals surface area (Å²) in [5, 5.41) is 12.7. The van der Waals surface area contributed by atoms with Crippen molar-refractivity contribution in [2.24, 2.45) is 0 Å². The molecule has 9 heteroatoms. The Hall–Kier alpha value is -2.87. The number of nitrogens with one attached hydrogen (secondary N) is 1. The predicted octanol–water partition coefficient (Wildman–Crippen LogP) is 6.06. The number of aryl methyl sites for hydroxylation is 1. The maximum Gasteiger partial charge on any atom is 0.237 e. The second kappa shape index (κ2) is 9.73. The van der Waals surface area contributed by atoms with E-state index < -0.39 is 5.25 Å². The van der Waals surface area contributed by atoms with E-state index in [1.54, 1.807) is 37.5 Å². The van der Waals surface area contributed by atoms with Crippen molar-refractivity contribution in [3.05, 3.63) is 82.6 Å². The molecule has 0 saturated carbocycles. The quantitative estimate of drug-likeness (QED) is 0.337. The summed E-state index contributed by atoms with van der Waals surface area (Å²) in [6.07, 6.45) is 3.45. The summed E-state index contributed by atoms with van der Waals surface area (Å²) in [5.74, 6) is 0.432. The number of thioether (sulfide) groups is 1. The maximum absolute atomic E-state index is 12.9. The van der Waals surface area contributed by atoms with Crippen LogP contribution in [0, 0.1) is 6.92 Å². The van der Waals surface area contributed by atoms with Gasteiger partial charge in [-0.05, 0) is 55.8 Å². The van der Waals surface area contributed by atoms with Gasteiger partial charge >= 0.3 is 0 Å². The van der Waals surface area contributed by atoms with Crippen molar-refractivity contribution in [1.29, 1.82) is 0 Å². The lowest BCUT2D eigenvalue weighted by Crippen LogP contribution is -2.23. The largest absolute Gasteiger partial charge is 0.324 e. The van der Waals surface area contributed by atoms with Crippen LogP contribution in [-0.2, 0) is 4.79 Å². The van der Waals surface area contributed by atoms with Crippen LogP contribution in [0.4, 0.5) is 5.69 Å². The van der Waals surface area contributed by atoms with Crippen molar-refractivity contribution in [3.8, 4) is 17.1 Å². The van der Waals surface area contributed by atoms with Gasteiger partial charge in [0.2, 0.25) is 5.91 Å². The van der Waals surface area contributed by atoms with Crippen LogP contribution in [0.1, 0.15) is 12.5 Å². The Bertz CT molecular complexity index is 1260. The smallest absolute Gasteiger partial charge is 0.237 e. The summed E-state index contributed by atoms with van der Waals surface area (Å²) in [7, 11) is 0. The van der Waals surface area contributed by atoms with Crippen LogP contribution < -0.4 is 5.32 Å². The molecular formula is C23H19Cl2N5OS. The zero-order valence-electron chi connectivity index (χ0n) is 17.3. The van der Waals surface area contributed by atoms with Gasteiger partial charge in [0, 0.05) is 23.0 Å². The fraction of sp³-hybridized carbons (Fsp3) is 0.130. The van der Waals surface area contributed by atoms with Gasteiger partial charge in [-0.1, -0.05) is 53.2 Å². The molecule has 0 unspecified atom stereocenters. The molecule has 0 fully saturated rings. The molecule has 2 aromatic carbocycles. The van der Waals surface area contributed by atoms with Crippen LogP contribution in [0.5, 0.6) is 0 Å². The van der Waals surface area contributed by atoms with Gasteiger partial charge in [-0.15, -0.1) is 10.2 Å². The number of rotatable bonds is 6. The second-order valence-corrected chi connectivity index (χ2v) is 9.19. The number of para-hydroxylation sites is 1. The molecule has 0 spiro atoms. The molecule has 1 N–H and O–H groups in total. The maximum atomic E-state index is 12.9. The van der Waals surface area contributed by atoms with Crippen LogP contribution in [0.2, 0.25) is 10.0 Å². The standard InChI is InChI=1S/C23H19Cl2N5OS/c1-14-6-3-4-8-20(14)30-21(16-7-5-11-26-13-16)28-29-23(30)32-15(2)22(31)27-19-12-17(24)9-10-18(19)25/h3-13,15H,1-2H3,(H,27,31)/t15-/m0/s1. The van der Waals surface area contributed by atoms with E-state index >= 15 is 0 Å². The minimum absolute atomic E-state index is 0.221. The number of nitrogens with zero attached hydrogens (tertiary/aromatic N) is 4. The first kappa shape index (κ1) is 22.3. The van der Waals surface area contributed by atoms with Gasteiger partial charge in [0.1, 0.15) is 0 Å². The summed E-state index contributed by atoms with van der Waals surface area (Å²) >= 11 is 13.5. The molecule has 0 aliphatic rings. The summed E-state index contributed by atoms with van der Waals surface area (Å²) in [6, 6.07) is 16.7. The summed E-state index contributed by atoms with van der Waals surface area (Å²) in [5.41, 5.74) is 3.29. The lowest BCUT2D eigenvalue weighted by Gasteiger charge is -2.15. The predicted molar refractivity (Wildman–Crippen MR) is 130 cm³/mol. The highest BCUT2D eigenvalue weighted by molar-refractivity contribution is 8.00. The SMILES string of the molecule is Cc1ccccc1-n1c(S[C@@H](C)C(=O)Nc2cc(Cl)ccc2Cl)nnc1-c1cccnc1. The first-order valence-corrected chi connectivity index (χ1v) is 11.4. The van der Waals surface area contributed by atoms with Crippen LogP contribution in [0.15, 0.2) is 72.1 Å². The Kier molecular flexibility index (Phi) is 6.79. The van der Waals surface area contributed by atoms with Crippen molar-refractivity contribution in [2.45, 2.75) is 24.3 Å². The number of aromatic nitrogens is 4. The lowest BCUT2D eigenvalue weighted by atomic mass is 10.2. The Labute approximate surface area is 200 Å². The highest BCUT2D eigenvalue weighted by Gasteiger charge is 2.23. The van der Waals surface area contributed by atoms with Crippen molar-refractivity contribution in [2.75, 3.05) is 5.32 Å². The lowest BCUT2D eigenvalue weighted by molar-refractivity contribution is -0.115. The third-order valence-corrected chi connectivity index (χ3v) is 6.35. The van der Waals surface area contributed by atoms with Gasteiger partial charge in [0.25, 0.3) is 0 Å². The van der Waals surface area contributed by atoms with Crippen molar-refractivity contribution in [3.63, 3.8) is 0 Å². The average Bonchev–Trinajstić information content (AvgIpc) is 3.20. The van der Waals surface area contributed by atoms with Gasteiger partial charge in [-0.3, -0.25) is 14.3 Å². The monoisotopic (exact) mass is 483 g/mol. The first-order chi connectivity index (χ1) is 15.4. The Morgan fingerprint density at radius 3 is 2.66 bits per heavy atom. The van der Waals surface area contributed by atoms with Gasteiger partial charge < -0.3 is 5.32 Å². The van der Waals surface area contributed by atoms with E-state index in [2.05, 4.69) is 20.5 Å². The van der Waals surface area contributed by atoms with E-state index in [0.717, 1.165) is 16.8 Å². The zero-order valence-corrected chi connectivity index (χ0v) is 19.6. The third-order valence-electron chi connectivity index (χ3n) is 4.75. The van der Waals surface area contributed by atoms with Gasteiger partial charge in [-0.2, -0.15) is 0 Å². The van der Waals surface area contributed by atoms with Gasteiger partial charge in [0.05, 0.1) is 21.6 Å². The van der Waals surface area contributed by atoms with E-state index in [1.807, 2.05) is 47.9 Å². The van der Waals surface area contributed by atoms with Crippen LogP contribution >= 0.6 is 35.0 Å². The average molecular weight is 484 g/mol. The van der Waals surface area contributed by atoms with Crippen molar-refractivity contribution >= 4 is 46.6 Å². The molecule has 0 aliphatic carbocycles. The van der Waals surface area contributed by atoms with Crippen molar-refractivity contribution in [1.82, 2.24) is 19.7 Å². The molecule has 6 nitrogen and oxygen atoms in total. The molecule has 32 heavy (non-hydrogen) atoms. The fourth-order valence-corrected chi connectivity index (χ4v) is 4.30. The minimum Gasteiger partial charge on any atom is -0.324 e. The molecule has 4 rings (SSSR count). The Morgan fingerprint density at radius 1 is 1.09 bits per heavy atom. The van der Waals surface area contributed by atoms with Gasteiger partial charge in [-0.25, -0.2) is 0 Å². The molecule has 162 valence electrons. The van der Waals surface area contributed by atoms with E-state index in [-0.39, 0.29) is 5.91 Å². The number of amides is 1. The minimum atomic E-state index is -0.473. The Balaban J connectivity index is 1.66. The number of carbonyl (C=O) groups excluding carboxylic acids is 1. The highest BCUT2D eigenvalue weighted by atomic mass is 35.5. The highest BCUT2D eigenvalue weighted by Crippen LogP contribution is 2.32. The molecule has 2 aromatic heterocycles. The number of pyridine rings is 1. The van der Waals surface area contributed by atoms with Crippen molar-refractivity contribution < 1.29 is 4.79 Å². The van der Waals surface area contributed by atoms with Crippen LogP contribution in [0.3, 0.4) is 0 Å². The number of carbonyl (C=O) groups is 1. The number of hydrogen-bond donors (Lipinski definition) is 1. The van der Waals surface area contributed by atoms with E-state index in [4.69, 9.17) is 23.2 Å². The molecule has 4 aromatic rings. The molecule has 1 amide bonds. The first-order valence-electron chi connectivity index (χ1n) is 9.78. The van der Waals surface area contributed by atoms with Gasteiger partial charge in [0.15, 0.2) is 11.0 Å². The van der Waals surface area contributed by atoms with E-state index in [9.17, 15) is 4.79 Å². The third kappa shape index (κ3) is 4.80. The molecule has 0 radical (unpaired) electrons. The normalized spacial score (nSPS) is 11.9. The molecule has 0 aliphatic heterocycles. The van der Waals surface area contributed by atoms with Crippen LogP contribution in [-0.4, -0.2) is 30.9 Å². The fourth-order valence-electron chi connectivity index (χ4n) is 3.10. The summed E-state index contributed by atoms with van der Waals surface area (Å²) < 4.78 is 1.95. The number of anilines is 1. The van der Waals surface area contributed by atoms with E-state index in [1.165, 1.54) is 11.8 Å². The second-order valence-electron chi connectivity index (χ2n) is 7.04. The molecule has 0 bridgehead atoms. The topological polar surface area (TPSA) is 72.7 Å². The number of benzene rings is 2. The number of halogens is 2. The zero-order chi connectivity index (χ0) is 22.7.